The van der Waals surface area contributed by atoms with Crippen molar-refractivity contribution in [3.8, 4) is 5.75 Å². The Labute approximate surface area is 166 Å². The van der Waals surface area contributed by atoms with Gasteiger partial charge in [-0.3, -0.25) is 9.69 Å². The summed E-state index contributed by atoms with van der Waals surface area (Å²) >= 11 is 6.03. The highest BCUT2D eigenvalue weighted by Crippen LogP contribution is 2.22. The number of hydrogen-bond donors (Lipinski definition) is 0. The first-order chi connectivity index (χ1) is 13.0. The average Bonchev–Trinajstić information content (AvgIpc) is 2.69. The molecule has 6 heteroatoms. The molecule has 1 heterocycles. The molecule has 0 unspecified atom stereocenters. The highest BCUT2D eigenvalue weighted by Gasteiger charge is 2.22. The van der Waals surface area contributed by atoms with E-state index in [0.29, 0.717) is 18.1 Å². The van der Waals surface area contributed by atoms with E-state index in [9.17, 15) is 4.79 Å². The molecule has 5 nitrogen and oxygen atoms in total. The number of benzene rings is 2. The zero-order valence-corrected chi connectivity index (χ0v) is 16.7. The lowest BCUT2D eigenvalue weighted by Crippen LogP contribution is -2.48. The van der Waals surface area contributed by atoms with E-state index in [2.05, 4.69) is 16.8 Å². The zero-order valence-electron chi connectivity index (χ0n) is 15.9. The first-order valence-corrected chi connectivity index (χ1v) is 9.53. The van der Waals surface area contributed by atoms with Crippen LogP contribution >= 0.6 is 11.6 Å². The molecule has 0 saturated carbocycles. The van der Waals surface area contributed by atoms with Crippen LogP contribution < -0.4 is 9.64 Å². The normalized spacial score (nSPS) is 15.5. The van der Waals surface area contributed by atoms with Gasteiger partial charge in [-0.15, -0.1) is 0 Å². The monoisotopic (exact) mass is 387 g/mol. The first-order valence-electron chi connectivity index (χ1n) is 9.15. The summed E-state index contributed by atoms with van der Waals surface area (Å²) in [6.45, 7) is 4.75. The molecule has 2 aromatic carbocycles. The second-order valence-electron chi connectivity index (χ2n) is 6.88. The zero-order chi connectivity index (χ0) is 19.2. The Bertz CT molecular complexity index is 741. The molecule has 0 aromatic heterocycles. The molecule has 27 heavy (non-hydrogen) atoms. The lowest BCUT2D eigenvalue weighted by atomic mass is 10.1. The SMILES string of the molecule is COc1ccc(CN(C(=O)CN2CCN(C)CC2)c2ccc(Cl)cc2)cc1. The number of amides is 1. The van der Waals surface area contributed by atoms with Crippen molar-refractivity contribution in [2.45, 2.75) is 6.54 Å². The molecule has 1 amide bonds. The van der Waals surface area contributed by atoms with E-state index in [1.165, 1.54) is 0 Å². The third-order valence-electron chi connectivity index (χ3n) is 4.89. The van der Waals surface area contributed by atoms with E-state index in [4.69, 9.17) is 16.3 Å². The maximum Gasteiger partial charge on any atom is 0.241 e. The lowest BCUT2D eigenvalue weighted by Gasteiger charge is -2.33. The Kier molecular flexibility index (Phi) is 6.72. The summed E-state index contributed by atoms with van der Waals surface area (Å²) < 4.78 is 5.22. The van der Waals surface area contributed by atoms with Gasteiger partial charge in [0.2, 0.25) is 5.91 Å². The fourth-order valence-electron chi connectivity index (χ4n) is 3.14. The summed E-state index contributed by atoms with van der Waals surface area (Å²) in [6.07, 6.45) is 0. The Balaban J connectivity index is 1.76. The Morgan fingerprint density at radius 1 is 1.04 bits per heavy atom. The van der Waals surface area contributed by atoms with Gasteiger partial charge in [-0.2, -0.15) is 0 Å². The third-order valence-corrected chi connectivity index (χ3v) is 5.15. The second kappa shape index (κ2) is 9.22. The Hall–Kier alpha value is -2.08. The van der Waals surface area contributed by atoms with Crippen LogP contribution in [0.3, 0.4) is 0 Å². The van der Waals surface area contributed by atoms with Crippen LogP contribution in [-0.2, 0) is 11.3 Å². The van der Waals surface area contributed by atoms with E-state index in [1.807, 2.05) is 53.4 Å². The highest BCUT2D eigenvalue weighted by atomic mass is 35.5. The van der Waals surface area contributed by atoms with Gasteiger partial charge in [0.15, 0.2) is 0 Å². The summed E-state index contributed by atoms with van der Waals surface area (Å²) in [6, 6.07) is 15.2. The molecule has 1 saturated heterocycles. The first kappa shape index (κ1) is 19.7. The maximum absolute atomic E-state index is 13.1. The number of hydrogen-bond acceptors (Lipinski definition) is 4. The minimum absolute atomic E-state index is 0.0951. The van der Waals surface area contributed by atoms with Gasteiger partial charge in [0, 0.05) is 36.9 Å². The third kappa shape index (κ3) is 5.45. The van der Waals surface area contributed by atoms with E-state index < -0.39 is 0 Å². The number of likely N-dealkylation sites (N-methyl/N-ethyl adjacent to an activating group) is 1. The molecule has 0 bridgehead atoms. The number of halogens is 1. The fraction of sp³-hybridized carbons (Fsp3) is 0.381. The molecule has 2 aromatic rings. The number of methoxy groups -OCH3 is 1. The van der Waals surface area contributed by atoms with Crippen molar-refractivity contribution < 1.29 is 9.53 Å². The second-order valence-corrected chi connectivity index (χ2v) is 7.32. The summed E-state index contributed by atoms with van der Waals surface area (Å²) in [4.78, 5) is 19.5. The van der Waals surface area contributed by atoms with Gasteiger partial charge in [-0.05, 0) is 49.0 Å². The quantitative estimate of drug-likeness (QED) is 0.763. The van der Waals surface area contributed by atoms with Crippen LogP contribution in [-0.4, -0.2) is 62.6 Å². The van der Waals surface area contributed by atoms with Crippen LogP contribution in [0.25, 0.3) is 0 Å². The van der Waals surface area contributed by atoms with Gasteiger partial charge in [0.05, 0.1) is 20.2 Å². The lowest BCUT2D eigenvalue weighted by molar-refractivity contribution is -0.120. The molecular weight excluding hydrogens is 362 g/mol. The van der Waals surface area contributed by atoms with Crippen molar-refractivity contribution in [3.63, 3.8) is 0 Å². The molecular formula is C21H26ClN3O2. The van der Waals surface area contributed by atoms with Crippen molar-refractivity contribution >= 4 is 23.2 Å². The molecule has 0 spiro atoms. The molecule has 0 aliphatic carbocycles. The van der Waals surface area contributed by atoms with Gasteiger partial charge in [-0.1, -0.05) is 23.7 Å². The summed E-state index contributed by atoms with van der Waals surface area (Å²) in [7, 11) is 3.76. The van der Waals surface area contributed by atoms with Gasteiger partial charge >= 0.3 is 0 Å². The van der Waals surface area contributed by atoms with Gasteiger partial charge < -0.3 is 14.5 Å². The van der Waals surface area contributed by atoms with Crippen molar-refractivity contribution in [1.82, 2.24) is 9.80 Å². The summed E-state index contributed by atoms with van der Waals surface area (Å²) in [5.41, 5.74) is 1.91. The van der Waals surface area contributed by atoms with E-state index in [1.54, 1.807) is 7.11 Å². The molecule has 3 rings (SSSR count). The van der Waals surface area contributed by atoms with Gasteiger partial charge in [0.25, 0.3) is 0 Å². The van der Waals surface area contributed by atoms with Crippen LogP contribution in [0.1, 0.15) is 5.56 Å². The Morgan fingerprint density at radius 2 is 1.67 bits per heavy atom. The molecule has 1 fully saturated rings. The standard InChI is InChI=1S/C21H26ClN3O2/c1-23-11-13-24(14-12-23)16-21(26)25(19-7-5-18(22)6-8-19)15-17-3-9-20(27-2)10-4-17/h3-10H,11-16H2,1-2H3. The number of anilines is 1. The van der Waals surface area contributed by atoms with Crippen LogP contribution in [0.15, 0.2) is 48.5 Å². The topological polar surface area (TPSA) is 36.0 Å². The van der Waals surface area contributed by atoms with Crippen molar-refractivity contribution in [2.75, 3.05) is 51.8 Å². The van der Waals surface area contributed by atoms with Crippen LogP contribution in [0.4, 0.5) is 5.69 Å². The van der Waals surface area contributed by atoms with E-state index in [-0.39, 0.29) is 5.91 Å². The van der Waals surface area contributed by atoms with E-state index in [0.717, 1.165) is 43.2 Å². The molecule has 144 valence electrons. The van der Waals surface area contributed by atoms with Crippen molar-refractivity contribution in [1.29, 1.82) is 0 Å². The average molecular weight is 388 g/mol. The number of carbonyl (C=O) groups is 1. The molecule has 1 aliphatic rings. The highest BCUT2D eigenvalue weighted by molar-refractivity contribution is 6.30. The maximum atomic E-state index is 13.1. The number of nitrogens with zero attached hydrogens (tertiary/aromatic N) is 3. The smallest absolute Gasteiger partial charge is 0.241 e. The number of carbonyl (C=O) groups excluding carboxylic acids is 1. The predicted octanol–water partition coefficient (Wildman–Crippen LogP) is 3.13. The summed E-state index contributed by atoms with van der Waals surface area (Å²) in [5.74, 6) is 0.901. The van der Waals surface area contributed by atoms with Crippen molar-refractivity contribution in [3.05, 3.63) is 59.1 Å². The van der Waals surface area contributed by atoms with E-state index >= 15 is 0 Å². The molecule has 0 N–H and O–H groups in total. The van der Waals surface area contributed by atoms with Gasteiger partial charge in [-0.25, -0.2) is 0 Å². The number of ether oxygens (including phenoxy) is 1. The molecule has 0 atom stereocenters. The summed E-state index contributed by atoms with van der Waals surface area (Å²) in [5, 5.41) is 0.662. The fourth-order valence-corrected chi connectivity index (χ4v) is 3.27. The minimum Gasteiger partial charge on any atom is -0.497 e. The van der Waals surface area contributed by atoms with Crippen LogP contribution in [0, 0.1) is 0 Å². The van der Waals surface area contributed by atoms with Crippen LogP contribution in [0.5, 0.6) is 5.75 Å². The largest absolute Gasteiger partial charge is 0.497 e. The van der Waals surface area contributed by atoms with Crippen LogP contribution in [0.2, 0.25) is 5.02 Å². The molecule has 1 aliphatic heterocycles. The number of rotatable bonds is 6. The molecule has 0 radical (unpaired) electrons. The number of piperazine rings is 1. The van der Waals surface area contributed by atoms with Gasteiger partial charge in [0.1, 0.15) is 5.75 Å². The minimum atomic E-state index is 0.0951. The Morgan fingerprint density at radius 3 is 2.26 bits per heavy atom. The predicted molar refractivity (Wildman–Crippen MR) is 110 cm³/mol. The van der Waals surface area contributed by atoms with Crippen molar-refractivity contribution in [2.24, 2.45) is 0 Å².